The van der Waals surface area contributed by atoms with Crippen LogP contribution in [0.2, 0.25) is 0 Å². The van der Waals surface area contributed by atoms with Gasteiger partial charge >= 0.3 is 5.97 Å². The van der Waals surface area contributed by atoms with E-state index >= 15 is 0 Å². The molecule has 2 N–H and O–H groups in total. The van der Waals surface area contributed by atoms with E-state index in [9.17, 15) is 14.7 Å². The summed E-state index contributed by atoms with van der Waals surface area (Å²) in [5.41, 5.74) is 0.584. The first kappa shape index (κ1) is 17.6. The van der Waals surface area contributed by atoms with Crippen molar-refractivity contribution in [2.75, 3.05) is 12.9 Å². The average Bonchev–Trinajstić information content (AvgIpc) is 2.92. The number of allylic oxidation sites excluding steroid dienone is 1. The lowest BCUT2D eigenvalue weighted by atomic mass is 10.1. The summed E-state index contributed by atoms with van der Waals surface area (Å²) in [6, 6.07) is 8.66. The number of carbonyl (C=O) groups is 2. The van der Waals surface area contributed by atoms with E-state index in [1.54, 1.807) is 36.0 Å². The summed E-state index contributed by atoms with van der Waals surface area (Å²) in [5.74, 6) is 0.237. The van der Waals surface area contributed by atoms with E-state index in [-0.39, 0.29) is 17.9 Å². The highest BCUT2D eigenvalue weighted by molar-refractivity contribution is 8.03. The number of hydrogen-bond donors (Lipinski definition) is 2. The van der Waals surface area contributed by atoms with Gasteiger partial charge in [-0.3, -0.25) is 9.59 Å². The van der Waals surface area contributed by atoms with Crippen LogP contribution in [0.25, 0.3) is 0 Å². The number of nitrogens with one attached hydrogen (secondary N) is 1. The molecule has 1 saturated heterocycles. The van der Waals surface area contributed by atoms with Gasteiger partial charge in [-0.1, -0.05) is 24.3 Å². The lowest BCUT2D eigenvalue weighted by Gasteiger charge is -2.16. The zero-order valence-electron chi connectivity index (χ0n) is 13.0. The van der Waals surface area contributed by atoms with Gasteiger partial charge in [0, 0.05) is 22.6 Å². The molecule has 5 nitrogen and oxygen atoms in total. The molecule has 0 bridgehead atoms. The van der Waals surface area contributed by atoms with E-state index in [0.29, 0.717) is 30.6 Å². The Balaban J connectivity index is 1.83. The molecule has 1 fully saturated rings. The van der Waals surface area contributed by atoms with Gasteiger partial charge in [-0.25, -0.2) is 0 Å². The fourth-order valence-corrected chi connectivity index (χ4v) is 3.50. The van der Waals surface area contributed by atoms with Crippen molar-refractivity contribution in [3.8, 4) is 0 Å². The summed E-state index contributed by atoms with van der Waals surface area (Å²) in [6.07, 6.45) is 3.01. The van der Waals surface area contributed by atoms with Crippen molar-refractivity contribution < 1.29 is 19.4 Å². The van der Waals surface area contributed by atoms with Crippen molar-refractivity contribution in [3.63, 3.8) is 0 Å². The van der Waals surface area contributed by atoms with Crippen LogP contribution in [0.1, 0.15) is 29.6 Å². The summed E-state index contributed by atoms with van der Waals surface area (Å²) in [5, 5.41) is 13.2. The number of esters is 1. The van der Waals surface area contributed by atoms with Crippen molar-refractivity contribution in [1.82, 2.24) is 5.32 Å². The first-order chi connectivity index (χ1) is 11.1. The van der Waals surface area contributed by atoms with Crippen molar-refractivity contribution in [2.24, 2.45) is 0 Å². The van der Waals surface area contributed by atoms with E-state index in [1.165, 1.54) is 7.11 Å². The first-order valence-corrected chi connectivity index (χ1v) is 8.54. The third kappa shape index (κ3) is 5.11. The number of methoxy groups -OCH3 is 1. The molecule has 6 heteroatoms. The van der Waals surface area contributed by atoms with Crippen LogP contribution in [0.5, 0.6) is 0 Å². The summed E-state index contributed by atoms with van der Waals surface area (Å²) in [6.45, 7) is 0. The summed E-state index contributed by atoms with van der Waals surface area (Å²) < 4.78 is 4.58. The zero-order chi connectivity index (χ0) is 16.7. The Bertz CT molecular complexity index is 573. The normalized spacial score (nSPS) is 22.1. The topological polar surface area (TPSA) is 75.6 Å². The minimum atomic E-state index is -0.689. The van der Waals surface area contributed by atoms with Gasteiger partial charge in [-0.05, 0) is 25.0 Å². The van der Waals surface area contributed by atoms with E-state index in [2.05, 4.69) is 10.1 Å². The second kappa shape index (κ2) is 8.74. The van der Waals surface area contributed by atoms with Gasteiger partial charge in [0.15, 0.2) is 0 Å². The van der Waals surface area contributed by atoms with Crippen LogP contribution < -0.4 is 5.32 Å². The highest BCUT2D eigenvalue weighted by Gasteiger charge is 2.31. The molecule has 0 aromatic heterocycles. The number of ether oxygens (including phenoxy) is 1. The molecule has 1 heterocycles. The Morgan fingerprint density at radius 1 is 1.39 bits per heavy atom. The van der Waals surface area contributed by atoms with E-state index in [0.717, 1.165) is 4.91 Å². The fraction of sp³-hybridized carbons (Fsp3) is 0.412. The second-order valence-electron chi connectivity index (χ2n) is 5.28. The molecule has 0 aliphatic carbocycles. The molecule has 1 aliphatic rings. The highest BCUT2D eigenvalue weighted by Crippen LogP contribution is 2.32. The standard InChI is InChI=1S/C17H21NO4S/c1-22-15(19)10-6-5-9-14-16(20)13(11-23-14)18-17(21)12-7-3-2-4-8-12/h2-4,7-9,13,16,20H,5-6,10-11H2,1H3,(H,18,21)/t13-,16+/m1/s1. The van der Waals surface area contributed by atoms with Crippen LogP contribution in [0, 0.1) is 0 Å². The minimum Gasteiger partial charge on any atom is -0.469 e. The molecule has 124 valence electrons. The number of aliphatic hydroxyl groups excluding tert-OH is 1. The van der Waals surface area contributed by atoms with Crippen molar-refractivity contribution in [1.29, 1.82) is 0 Å². The monoisotopic (exact) mass is 335 g/mol. The Kier molecular flexibility index (Phi) is 6.67. The second-order valence-corrected chi connectivity index (χ2v) is 6.37. The summed E-state index contributed by atoms with van der Waals surface area (Å²) in [7, 11) is 1.37. The maximum absolute atomic E-state index is 12.1. The van der Waals surface area contributed by atoms with Crippen LogP contribution >= 0.6 is 11.8 Å². The molecule has 0 radical (unpaired) electrons. The smallest absolute Gasteiger partial charge is 0.305 e. The van der Waals surface area contributed by atoms with Gasteiger partial charge in [0.2, 0.25) is 0 Å². The molecule has 1 aliphatic heterocycles. The largest absolute Gasteiger partial charge is 0.469 e. The predicted molar refractivity (Wildman–Crippen MR) is 90.1 cm³/mol. The van der Waals surface area contributed by atoms with Crippen molar-refractivity contribution >= 4 is 23.6 Å². The number of hydrogen-bond acceptors (Lipinski definition) is 5. The molecule has 23 heavy (non-hydrogen) atoms. The summed E-state index contributed by atoms with van der Waals surface area (Å²) >= 11 is 1.54. The lowest BCUT2D eigenvalue weighted by molar-refractivity contribution is -0.140. The number of benzene rings is 1. The van der Waals surface area contributed by atoms with Crippen molar-refractivity contribution in [2.45, 2.75) is 31.4 Å². The number of amides is 1. The maximum Gasteiger partial charge on any atom is 0.305 e. The lowest BCUT2D eigenvalue weighted by Crippen LogP contribution is -2.42. The molecule has 1 aromatic rings. The predicted octanol–water partition coefficient (Wildman–Crippen LogP) is 2.12. The molecule has 0 unspecified atom stereocenters. The quantitative estimate of drug-likeness (QED) is 0.615. The number of thioether (sulfide) groups is 1. The van der Waals surface area contributed by atoms with Gasteiger partial charge < -0.3 is 15.2 Å². The zero-order valence-corrected chi connectivity index (χ0v) is 13.8. The van der Waals surface area contributed by atoms with E-state index in [4.69, 9.17) is 0 Å². The van der Waals surface area contributed by atoms with Crippen LogP contribution in [0.3, 0.4) is 0 Å². The maximum atomic E-state index is 12.1. The Labute approximate surface area is 140 Å². The van der Waals surface area contributed by atoms with Crippen LogP contribution in [-0.2, 0) is 9.53 Å². The fourth-order valence-electron chi connectivity index (χ4n) is 2.30. The summed E-state index contributed by atoms with van der Waals surface area (Å²) in [4.78, 5) is 24.0. The number of unbranched alkanes of at least 4 members (excludes halogenated alkanes) is 1. The number of carbonyl (C=O) groups excluding carboxylic acids is 2. The van der Waals surface area contributed by atoms with Crippen LogP contribution in [0.4, 0.5) is 0 Å². The Morgan fingerprint density at radius 3 is 2.83 bits per heavy atom. The van der Waals surface area contributed by atoms with Gasteiger partial charge in [-0.15, -0.1) is 11.8 Å². The number of aliphatic hydroxyl groups is 1. The average molecular weight is 335 g/mol. The molecule has 0 spiro atoms. The van der Waals surface area contributed by atoms with Crippen LogP contribution in [-0.4, -0.2) is 42.0 Å². The van der Waals surface area contributed by atoms with Crippen LogP contribution in [0.15, 0.2) is 41.3 Å². The molecule has 2 rings (SSSR count). The molecule has 0 saturated carbocycles. The minimum absolute atomic E-state index is 0.179. The van der Waals surface area contributed by atoms with Crippen molar-refractivity contribution in [3.05, 3.63) is 46.9 Å². The molecule has 1 aromatic carbocycles. The Morgan fingerprint density at radius 2 is 2.13 bits per heavy atom. The van der Waals surface area contributed by atoms with Gasteiger partial charge in [0.1, 0.15) is 6.10 Å². The molecule has 2 atom stereocenters. The third-order valence-electron chi connectivity index (χ3n) is 3.61. The highest BCUT2D eigenvalue weighted by atomic mass is 32.2. The van der Waals surface area contributed by atoms with E-state index < -0.39 is 6.10 Å². The molecule has 1 amide bonds. The molecular formula is C17H21NO4S. The third-order valence-corrected chi connectivity index (χ3v) is 4.88. The van der Waals surface area contributed by atoms with E-state index in [1.807, 2.05) is 12.1 Å². The molecular weight excluding hydrogens is 314 g/mol. The van der Waals surface area contributed by atoms with Gasteiger partial charge in [0.05, 0.1) is 13.2 Å². The Hall–Kier alpha value is -1.79. The number of rotatable bonds is 6. The SMILES string of the molecule is COC(=O)CCCC=C1SC[C@@H](NC(=O)c2ccccc2)[C@@H]1O. The first-order valence-electron chi connectivity index (χ1n) is 7.55. The van der Waals surface area contributed by atoms with Gasteiger partial charge in [0.25, 0.3) is 5.91 Å². The van der Waals surface area contributed by atoms with Gasteiger partial charge in [-0.2, -0.15) is 0 Å².